The van der Waals surface area contributed by atoms with Gasteiger partial charge in [0.1, 0.15) is 0 Å². The van der Waals surface area contributed by atoms with E-state index in [9.17, 15) is 9.59 Å². The van der Waals surface area contributed by atoms with Gasteiger partial charge in [-0.25, -0.2) is 9.78 Å². The predicted octanol–water partition coefficient (Wildman–Crippen LogP) is 3.36. The van der Waals surface area contributed by atoms with Crippen LogP contribution >= 0.6 is 0 Å². The van der Waals surface area contributed by atoms with Crippen molar-refractivity contribution in [2.45, 2.75) is 45.8 Å². The van der Waals surface area contributed by atoms with E-state index >= 15 is 0 Å². The molecule has 1 amide bonds. The number of aromatic carboxylic acids is 1. The first-order valence-electron chi connectivity index (χ1n) is 11.7. The number of nitrogens with zero attached hydrogens (tertiary/aromatic N) is 3. The van der Waals surface area contributed by atoms with Crippen molar-refractivity contribution < 1.29 is 14.7 Å². The quantitative estimate of drug-likeness (QED) is 0.371. The van der Waals surface area contributed by atoms with E-state index in [0.717, 1.165) is 23.2 Å². The molecule has 8 nitrogen and oxygen atoms in total. The van der Waals surface area contributed by atoms with Gasteiger partial charge in [-0.15, -0.1) is 0 Å². The summed E-state index contributed by atoms with van der Waals surface area (Å²) in [6.45, 7) is 5.85. The van der Waals surface area contributed by atoms with Gasteiger partial charge in [0, 0.05) is 37.6 Å². The molecule has 0 saturated carbocycles. The van der Waals surface area contributed by atoms with E-state index in [1.54, 1.807) is 42.9 Å². The summed E-state index contributed by atoms with van der Waals surface area (Å²) in [6.07, 6.45) is 4.54. The minimum Gasteiger partial charge on any atom is -0.478 e. The van der Waals surface area contributed by atoms with Crippen LogP contribution in [0.4, 0.5) is 0 Å². The third-order valence-corrected chi connectivity index (χ3v) is 6.12. The number of nitriles is 1. The highest BCUT2D eigenvalue weighted by atomic mass is 16.4. The minimum absolute atomic E-state index is 0.0648. The summed E-state index contributed by atoms with van der Waals surface area (Å²) in [5.74, 6) is -0.762. The molecule has 35 heavy (non-hydrogen) atoms. The van der Waals surface area contributed by atoms with Crippen LogP contribution in [0.25, 0.3) is 0 Å². The molecule has 2 aromatic carbocycles. The number of carbonyl (C=O) groups is 2. The summed E-state index contributed by atoms with van der Waals surface area (Å²) in [7, 11) is 0. The Balaban J connectivity index is 1.57. The number of carbonyl (C=O) groups excluding carboxylic acids is 1. The number of amides is 1. The van der Waals surface area contributed by atoms with Crippen molar-refractivity contribution in [3.63, 3.8) is 0 Å². The van der Waals surface area contributed by atoms with Gasteiger partial charge in [0.05, 0.1) is 29.9 Å². The van der Waals surface area contributed by atoms with Crippen LogP contribution in [0.1, 0.15) is 53.0 Å². The third kappa shape index (κ3) is 7.52. The molecule has 1 heterocycles. The molecule has 1 aromatic heterocycles. The fourth-order valence-electron chi connectivity index (χ4n) is 3.81. The van der Waals surface area contributed by atoms with Gasteiger partial charge in [-0.05, 0) is 41.3 Å². The van der Waals surface area contributed by atoms with Gasteiger partial charge in [-0.2, -0.15) is 5.26 Å². The number of hydrogen-bond acceptors (Lipinski definition) is 5. The van der Waals surface area contributed by atoms with Gasteiger partial charge in [0.25, 0.3) is 0 Å². The van der Waals surface area contributed by atoms with Crippen LogP contribution in [0, 0.1) is 17.2 Å². The molecular weight excluding hydrogens is 442 g/mol. The lowest BCUT2D eigenvalue weighted by molar-refractivity contribution is -0.121. The number of imidazole rings is 1. The van der Waals surface area contributed by atoms with Gasteiger partial charge in [-0.1, -0.05) is 44.5 Å². The van der Waals surface area contributed by atoms with Crippen LogP contribution in [0.15, 0.2) is 61.1 Å². The van der Waals surface area contributed by atoms with Crippen LogP contribution in [-0.4, -0.2) is 39.1 Å². The number of benzene rings is 2. The summed E-state index contributed by atoms with van der Waals surface area (Å²) in [5, 5.41) is 24.6. The van der Waals surface area contributed by atoms with Gasteiger partial charge < -0.3 is 20.3 Å². The zero-order valence-corrected chi connectivity index (χ0v) is 20.1. The minimum atomic E-state index is -0.949. The molecule has 0 fully saturated rings. The highest BCUT2D eigenvalue weighted by molar-refractivity contribution is 5.87. The number of aromatic nitrogens is 2. The van der Waals surface area contributed by atoms with E-state index in [1.165, 1.54) is 0 Å². The lowest BCUT2D eigenvalue weighted by Crippen LogP contribution is -2.46. The first-order chi connectivity index (χ1) is 16.9. The van der Waals surface area contributed by atoms with Crippen LogP contribution < -0.4 is 10.6 Å². The first-order valence-corrected chi connectivity index (χ1v) is 11.7. The Kier molecular flexibility index (Phi) is 9.16. The molecule has 0 aliphatic heterocycles. The normalized spacial score (nSPS) is 12.5. The Morgan fingerprint density at radius 2 is 1.94 bits per heavy atom. The second-order valence-electron chi connectivity index (χ2n) is 8.69. The van der Waals surface area contributed by atoms with Crippen molar-refractivity contribution in [2.75, 3.05) is 6.54 Å². The van der Waals surface area contributed by atoms with Crippen LogP contribution in [0.5, 0.6) is 0 Å². The summed E-state index contributed by atoms with van der Waals surface area (Å²) in [5.41, 5.74) is 3.59. The molecule has 0 spiro atoms. The van der Waals surface area contributed by atoms with Gasteiger partial charge >= 0.3 is 5.97 Å². The van der Waals surface area contributed by atoms with Crippen LogP contribution in [-0.2, 0) is 24.3 Å². The van der Waals surface area contributed by atoms with Crippen molar-refractivity contribution >= 4 is 11.9 Å². The molecular formula is C27H31N5O3. The number of carboxylic acids is 1. The molecule has 3 aromatic rings. The molecule has 0 saturated heterocycles. The molecule has 2 atom stereocenters. The summed E-state index contributed by atoms with van der Waals surface area (Å²) >= 11 is 0. The van der Waals surface area contributed by atoms with Gasteiger partial charge in [0.15, 0.2) is 0 Å². The molecule has 0 unspecified atom stereocenters. The number of rotatable bonds is 12. The number of carboxylic acid groups (broad SMARTS) is 1. The highest BCUT2D eigenvalue weighted by Gasteiger charge is 2.19. The van der Waals surface area contributed by atoms with E-state index < -0.39 is 5.97 Å². The molecule has 0 aliphatic carbocycles. The smallest absolute Gasteiger partial charge is 0.335 e. The lowest BCUT2D eigenvalue weighted by Gasteiger charge is -2.25. The molecule has 0 aliphatic rings. The molecule has 0 radical (unpaired) electrons. The Morgan fingerprint density at radius 3 is 2.63 bits per heavy atom. The van der Waals surface area contributed by atoms with Crippen molar-refractivity contribution in [3.05, 3.63) is 89.0 Å². The maximum atomic E-state index is 12.9. The Bertz CT molecular complexity index is 1180. The SMILES string of the molecule is CC[C@H](C)[C@@H](CNCc1cccc(C(=O)O)c1)NC(=O)Cc1cncn1Cc1ccc(C#N)cc1. The maximum absolute atomic E-state index is 12.9. The van der Waals surface area contributed by atoms with Gasteiger partial charge in [0.2, 0.25) is 5.91 Å². The second-order valence-corrected chi connectivity index (χ2v) is 8.69. The molecule has 8 heteroatoms. The zero-order valence-electron chi connectivity index (χ0n) is 20.1. The van der Waals surface area contributed by atoms with E-state index in [1.807, 2.05) is 22.8 Å². The average molecular weight is 474 g/mol. The molecule has 3 rings (SSSR count). The largest absolute Gasteiger partial charge is 0.478 e. The van der Waals surface area contributed by atoms with E-state index in [-0.39, 0.29) is 29.9 Å². The summed E-state index contributed by atoms with van der Waals surface area (Å²) in [6, 6.07) is 16.2. The maximum Gasteiger partial charge on any atom is 0.335 e. The first kappa shape index (κ1) is 25.7. The standard InChI is InChI=1S/C27H31N5O3/c1-3-19(2)25(16-29-14-22-5-4-6-23(11-22)27(34)35)31-26(33)12-24-15-30-18-32(24)17-21-9-7-20(13-28)8-10-21/h4-11,15,18-19,25,29H,3,12,14,16-17H2,1-2H3,(H,31,33)(H,34,35)/t19-,25+/m0/s1. The van der Waals surface area contributed by atoms with Crippen molar-refractivity contribution in [1.82, 2.24) is 20.2 Å². The van der Waals surface area contributed by atoms with Gasteiger partial charge in [-0.3, -0.25) is 4.79 Å². The fourth-order valence-corrected chi connectivity index (χ4v) is 3.81. The molecule has 182 valence electrons. The summed E-state index contributed by atoms with van der Waals surface area (Å²) < 4.78 is 1.94. The summed E-state index contributed by atoms with van der Waals surface area (Å²) in [4.78, 5) is 28.3. The van der Waals surface area contributed by atoms with E-state index in [4.69, 9.17) is 10.4 Å². The zero-order chi connectivity index (χ0) is 25.2. The Hall–Kier alpha value is -3.96. The van der Waals surface area contributed by atoms with Crippen molar-refractivity contribution in [2.24, 2.45) is 5.92 Å². The highest BCUT2D eigenvalue weighted by Crippen LogP contribution is 2.11. The van der Waals surface area contributed by atoms with Crippen LogP contribution in [0.3, 0.4) is 0 Å². The molecule has 0 bridgehead atoms. The number of nitrogens with one attached hydrogen (secondary N) is 2. The van der Waals surface area contributed by atoms with E-state index in [0.29, 0.717) is 25.2 Å². The fraction of sp³-hybridized carbons (Fsp3) is 0.333. The predicted molar refractivity (Wildman–Crippen MR) is 133 cm³/mol. The van der Waals surface area contributed by atoms with Crippen LogP contribution in [0.2, 0.25) is 0 Å². The number of hydrogen-bond donors (Lipinski definition) is 3. The Labute approximate surface area is 205 Å². The molecule has 3 N–H and O–H groups in total. The van der Waals surface area contributed by atoms with Crippen molar-refractivity contribution in [3.8, 4) is 6.07 Å². The van der Waals surface area contributed by atoms with E-state index in [2.05, 4.69) is 35.5 Å². The monoisotopic (exact) mass is 473 g/mol. The third-order valence-electron chi connectivity index (χ3n) is 6.12. The second kappa shape index (κ2) is 12.5. The average Bonchev–Trinajstić information content (AvgIpc) is 3.29. The lowest BCUT2D eigenvalue weighted by atomic mass is 9.98. The van der Waals surface area contributed by atoms with Crippen molar-refractivity contribution in [1.29, 1.82) is 5.26 Å². The Morgan fingerprint density at radius 1 is 1.17 bits per heavy atom. The topological polar surface area (TPSA) is 120 Å².